The molecule has 0 aliphatic heterocycles. The van der Waals surface area contributed by atoms with Gasteiger partial charge in [-0.05, 0) is 55.6 Å². The van der Waals surface area contributed by atoms with Gasteiger partial charge in [0.1, 0.15) is 5.75 Å². The van der Waals surface area contributed by atoms with Gasteiger partial charge in [0.2, 0.25) is 0 Å². The number of halogens is 4. The fourth-order valence-electron chi connectivity index (χ4n) is 1.48. The molecule has 1 unspecified atom stereocenters. The molecule has 0 amide bonds. The van der Waals surface area contributed by atoms with Gasteiger partial charge in [-0.25, -0.2) is 0 Å². The smallest absolute Gasteiger partial charge is 0.120 e. The van der Waals surface area contributed by atoms with Crippen LogP contribution < -0.4 is 4.74 Å². The van der Waals surface area contributed by atoms with Crippen molar-refractivity contribution in [2.75, 3.05) is 7.11 Å². The monoisotopic (exact) mass is 472 g/mol. The van der Waals surface area contributed by atoms with Crippen LogP contribution in [0.4, 0.5) is 0 Å². The molecule has 0 radical (unpaired) electrons. The van der Waals surface area contributed by atoms with E-state index in [4.69, 9.17) is 16.3 Å². The van der Waals surface area contributed by atoms with Crippen LogP contribution in [0, 0.1) is 0 Å². The van der Waals surface area contributed by atoms with Crippen LogP contribution >= 0.6 is 70.7 Å². The van der Waals surface area contributed by atoms with Crippen molar-refractivity contribution in [3.63, 3.8) is 0 Å². The summed E-state index contributed by atoms with van der Waals surface area (Å²) >= 11 is 18.6. The molecule has 6 heteroatoms. The van der Waals surface area contributed by atoms with Crippen LogP contribution in [-0.2, 0) is 0 Å². The molecular weight excluding hydrogens is 467 g/mol. The van der Waals surface area contributed by atoms with E-state index >= 15 is 0 Å². The maximum absolute atomic E-state index is 6.27. The summed E-state index contributed by atoms with van der Waals surface area (Å²) in [6.07, 6.45) is 0. The number of hydrogen-bond donors (Lipinski definition) is 0. The van der Waals surface area contributed by atoms with Crippen LogP contribution in [0.1, 0.15) is 15.3 Å². The lowest BCUT2D eigenvalue weighted by atomic mass is 10.1. The Morgan fingerprint density at radius 1 is 1.28 bits per heavy atom. The van der Waals surface area contributed by atoms with E-state index in [-0.39, 0.29) is 4.83 Å². The quantitative estimate of drug-likeness (QED) is 0.466. The fraction of sp³-hybridized carbons (Fsp3) is 0.167. The largest absolute Gasteiger partial charge is 0.497 e. The highest BCUT2D eigenvalue weighted by Gasteiger charge is 2.17. The maximum Gasteiger partial charge on any atom is 0.120 e. The summed E-state index contributed by atoms with van der Waals surface area (Å²) in [6, 6.07) is 7.78. The highest BCUT2D eigenvalue weighted by Crippen LogP contribution is 2.43. The van der Waals surface area contributed by atoms with Crippen LogP contribution in [0.25, 0.3) is 0 Å². The Kier molecular flexibility index (Phi) is 5.17. The predicted molar refractivity (Wildman–Crippen MR) is 88.5 cm³/mol. The van der Waals surface area contributed by atoms with Gasteiger partial charge in [0.15, 0.2) is 0 Å². The van der Waals surface area contributed by atoms with E-state index in [2.05, 4.69) is 53.9 Å². The van der Waals surface area contributed by atoms with Gasteiger partial charge in [-0.3, -0.25) is 0 Å². The molecule has 96 valence electrons. The molecule has 18 heavy (non-hydrogen) atoms. The lowest BCUT2D eigenvalue weighted by Gasteiger charge is -2.11. The van der Waals surface area contributed by atoms with Crippen LogP contribution in [0.3, 0.4) is 0 Å². The number of benzene rings is 1. The molecule has 0 saturated carbocycles. The van der Waals surface area contributed by atoms with E-state index in [9.17, 15) is 0 Å². The average Bonchev–Trinajstić information content (AvgIpc) is 2.68. The van der Waals surface area contributed by atoms with E-state index in [0.717, 1.165) is 19.6 Å². The summed E-state index contributed by atoms with van der Waals surface area (Å²) in [7, 11) is 1.63. The minimum Gasteiger partial charge on any atom is -0.497 e. The molecule has 0 bridgehead atoms. The second kappa shape index (κ2) is 6.27. The van der Waals surface area contributed by atoms with Gasteiger partial charge in [-0.2, -0.15) is 0 Å². The molecule has 2 rings (SSSR count). The van der Waals surface area contributed by atoms with Crippen molar-refractivity contribution < 1.29 is 4.74 Å². The van der Waals surface area contributed by atoms with Crippen molar-refractivity contribution in [3.05, 3.63) is 48.0 Å². The third-order valence-electron chi connectivity index (χ3n) is 2.39. The second-order valence-electron chi connectivity index (χ2n) is 3.52. The third kappa shape index (κ3) is 3.12. The molecule has 1 atom stereocenters. The number of rotatable bonds is 3. The molecule has 0 N–H and O–H groups in total. The van der Waals surface area contributed by atoms with Gasteiger partial charge in [0.25, 0.3) is 0 Å². The molecule has 0 saturated heterocycles. The predicted octanol–water partition coefficient (Wildman–Crippen LogP) is 6.42. The normalized spacial score (nSPS) is 12.5. The molecule has 0 spiro atoms. The van der Waals surface area contributed by atoms with Crippen LogP contribution in [-0.4, -0.2) is 7.11 Å². The lowest BCUT2D eigenvalue weighted by molar-refractivity contribution is 0.414. The van der Waals surface area contributed by atoms with E-state index in [1.807, 2.05) is 18.2 Å². The summed E-state index contributed by atoms with van der Waals surface area (Å²) in [5, 5.41) is 0.692. The summed E-state index contributed by atoms with van der Waals surface area (Å²) in [4.78, 5) is 1.25. The van der Waals surface area contributed by atoms with Crippen molar-refractivity contribution in [1.29, 1.82) is 0 Å². The van der Waals surface area contributed by atoms with Gasteiger partial charge in [-0.1, -0.05) is 33.6 Å². The molecule has 1 aromatic carbocycles. The van der Waals surface area contributed by atoms with Crippen molar-refractivity contribution in [2.24, 2.45) is 0 Å². The Hall–Kier alpha value is 0.450. The molecule has 1 heterocycles. The zero-order chi connectivity index (χ0) is 13.3. The van der Waals surface area contributed by atoms with Gasteiger partial charge in [0, 0.05) is 14.4 Å². The number of hydrogen-bond acceptors (Lipinski definition) is 2. The number of methoxy groups -OCH3 is 1. The van der Waals surface area contributed by atoms with E-state index in [1.54, 1.807) is 18.4 Å². The minimum absolute atomic E-state index is 0.0727. The summed E-state index contributed by atoms with van der Waals surface area (Å²) < 4.78 is 7.27. The Morgan fingerprint density at radius 2 is 2.00 bits per heavy atom. The van der Waals surface area contributed by atoms with E-state index in [1.165, 1.54) is 4.88 Å². The molecular formula is C12H8Br3ClOS. The first-order valence-corrected chi connectivity index (χ1v) is 8.64. The maximum atomic E-state index is 6.27. The number of ether oxygens (including phenoxy) is 1. The standard InChI is InChI=1S/C12H8Br3ClOS/c1-17-6-2-3-7(9(16)4-6)11(14)10-5-8(13)12(15)18-10/h2-5,11H,1H3. The molecule has 1 nitrogen and oxygen atoms in total. The van der Waals surface area contributed by atoms with Crippen LogP contribution in [0.15, 0.2) is 32.5 Å². The fourth-order valence-corrected chi connectivity index (χ4v) is 4.79. The molecule has 0 fully saturated rings. The van der Waals surface area contributed by atoms with Crippen molar-refractivity contribution in [1.82, 2.24) is 0 Å². The Bertz CT molecular complexity index is 551. The van der Waals surface area contributed by atoms with Gasteiger partial charge in [-0.15, -0.1) is 11.3 Å². The first kappa shape index (κ1) is 14.9. The van der Waals surface area contributed by atoms with E-state index < -0.39 is 0 Å². The summed E-state index contributed by atoms with van der Waals surface area (Å²) in [5.74, 6) is 0.761. The van der Waals surface area contributed by atoms with Crippen molar-refractivity contribution >= 4 is 70.7 Å². The molecule has 0 aliphatic rings. The SMILES string of the molecule is COc1ccc(C(Br)c2cc(Br)c(Br)s2)c(Cl)c1. The van der Waals surface area contributed by atoms with Gasteiger partial charge >= 0.3 is 0 Å². The van der Waals surface area contributed by atoms with Crippen molar-refractivity contribution in [2.45, 2.75) is 4.83 Å². The van der Waals surface area contributed by atoms with E-state index in [0.29, 0.717) is 5.02 Å². The first-order valence-electron chi connectivity index (χ1n) is 4.95. The minimum atomic E-state index is 0.0727. The molecule has 1 aromatic heterocycles. The average molecular weight is 475 g/mol. The summed E-state index contributed by atoms with van der Waals surface area (Å²) in [5.41, 5.74) is 1.03. The third-order valence-corrected chi connectivity index (χ3v) is 7.33. The lowest BCUT2D eigenvalue weighted by Crippen LogP contribution is -1.92. The van der Waals surface area contributed by atoms with Gasteiger partial charge < -0.3 is 4.74 Å². The zero-order valence-corrected chi connectivity index (χ0v) is 15.5. The highest BCUT2D eigenvalue weighted by molar-refractivity contribution is 9.13. The molecule has 2 aromatic rings. The topological polar surface area (TPSA) is 9.23 Å². The Balaban J connectivity index is 2.36. The van der Waals surface area contributed by atoms with Crippen LogP contribution in [0.5, 0.6) is 5.75 Å². The van der Waals surface area contributed by atoms with Crippen molar-refractivity contribution in [3.8, 4) is 5.75 Å². The highest BCUT2D eigenvalue weighted by atomic mass is 79.9. The second-order valence-corrected chi connectivity index (χ2v) is 8.10. The zero-order valence-electron chi connectivity index (χ0n) is 9.22. The van der Waals surface area contributed by atoms with Crippen LogP contribution in [0.2, 0.25) is 5.02 Å². The number of alkyl halides is 1. The Labute approximate surface area is 140 Å². The molecule has 0 aliphatic carbocycles. The first-order chi connectivity index (χ1) is 8.52. The summed E-state index contributed by atoms with van der Waals surface area (Å²) in [6.45, 7) is 0. The van der Waals surface area contributed by atoms with Gasteiger partial charge in [0.05, 0.1) is 15.7 Å². The Morgan fingerprint density at radius 3 is 2.50 bits per heavy atom. The number of thiophene rings is 1.